The Morgan fingerprint density at radius 1 is 1.39 bits per heavy atom. The van der Waals surface area contributed by atoms with E-state index in [2.05, 4.69) is 5.32 Å². The molecule has 0 spiro atoms. The molecule has 0 bridgehead atoms. The number of hydrogen-bond acceptors (Lipinski definition) is 3. The minimum atomic E-state index is -3.02. The molecule has 2 fully saturated rings. The summed E-state index contributed by atoms with van der Waals surface area (Å²) in [6.45, 7) is 3.06. The lowest BCUT2D eigenvalue weighted by molar-refractivity contribution is 0.261. The van der Waals surface area contributed by atoms with Crippen molar-refractivity contribution in [3.8, 4) is 0 Å². The summed E-state index contributed by atoms with van der Waals surface area (Å²) < 4.78 is 24.6. The summed E-state index contributed by atoms with van der Waals surface area (Å²) in [7, 11) is -3.02. The minimum absolute atomic E-state index is 0.250. The van der Waals surface area contributed by atoms with Gasteiger partial charge in [0.05, 0.1) is 6.26 Å². The maximum atomic E-state index is 11.5. The molecule has 0 aromatic heterocycles. The molecule has 0 radical (unpaired) electrons. The van der Waals surface area contributed by atoms with Gasteiger partial charge in [-0.2, -0.15) is 0 Å². The normalized spacial score (nSPS) is 28.2. The quantitative estimate of drug-likeness (QED) is 0.751. The van der Waals surface area contributed by atoms with Crippen LogP contribution in [-0.4, -0.2) is 50.5 Å². The average Bonchev–Trinajstić information content (AvgIpc) is 3.12. The van der Waals surface area contributed by atoms with Crippen LogP contribution in [0.2, 0.25) is 0 Å². The summed E-state index contributed by atoms with van der Waals surface area (Å²) >= 11 is 6.23. The zero-order valence-corrected chi connectivity index (χ0v) is 12.5. The van der Waals surface area contributed by atoms with Crippen LogP contribution in [0.25, 0.3) is 0 Å². The van der Waals surface area contributed by atoms with Crippen molar-refractivity contribution in [1.29, 1.82) is 0 Å². The topological polar surface area (TPSA) is 49.4 Å². The summed E-state index contributed by atoms with van der Waals surface area (Å²) in [6, 6.07) is 0. The van der Waals surface area contributed by atoms with Crippen LogP contribution in [0, 0.1) is 11.8 Å². The van der Waals surface area contributed by atoms with Gasteiger partial charge in [0, 0.05) is 25.0 Å². The smallest absolute Gasteiger partial charge is 0.211 e. The van der Waals surface area contributed by atoms with Gasteiger partial charge in [-0.1, -0.05) is 0 Å². The molecule has 1 saturated carbocycles. The van der Waals surface area contributed by atoms with Crippen LogP contribution in [0.1, 0.15) is 25.7 Å². The number of halogens is 1. The van der Waals surface area contributed by atoms with E-state index in [1.54, 1.807) is 4.31 Å². The fraction of sp³-hybridized carbons (Fsp3) is 1.00. The molecular weight excluding hydrogens is 272 g/mol. The van der Waals surface area contributed by atoms with Gasteiger partial charge in [0.1, 0.15) is 0 Å². The Labute approximate surface area is 115 Å². The third-order valence-corrected chi connectivity index (χ3v) is 5.64. The molecule has 1 aliphatic heterocycles. The first-order chi connectivity index (χ1) is 8.47. The second kappa shape index (κ2) is 6.07. The molecule has 2 unspecified atom stereocenters. The van der Waals surface area contributed by atoms with Crippen LogP contribution < -0.4 is 5.32 Å². The molecular formula is C12H23ClN2O2S. The number of hydrogen-bond donors (Lipinski definition) is 1. The lowest BCUT2D eigenvalue weighted by atomic mass is 10.00. The number of alkyl halides is 1. The summed E-state index contributed by atoms with van der Waals surface area (Å²) in [5.74, 6) is 1.13. The first-order valence-electron chi connectivity index (χ1n) is 6.76. The van der Waals surface area contributed by atoms with Crippen molar-refractivity contribution in [2.45, 2.75) is 31.1 Å². The standard InChI is InChI=1S/C12H23ClN2O2S/c1-18(16,17)15-6-2-3-10(9-15)7-14-8-12(13)11-4-5-11/h10-12,14H,2-9H2,1H3. The average molecular weight is 295 g/mol. The molecule has 0 amide bonds. The third-order valence-electron chi connectivity index (χ3n) is 3.86. The molecule has 1 aliphatic carbocycles. The number of piperidine rings is 1. The van der Waals surface area contributed by atoms with Crippen LogP contribution in [0.3, 0.4) is 0 Å². The molecule has 4 nitrogen and oxygen atoms in total. The maximum absolute atomic E-state index is 11.5. The van der Waals surface area contributed by atoms with Crippen molar-refractivity contribution >= 4 is 21.6 Å². The van der Waals surface area contributed by atoms with Gasteiger partial charge in [-0.25, -0.2) is 12.7 Å². The van der Waals surface area contributed by atoms with E-state index in [4.69, 9.17) is 11.6 Å². The monoisotopic (exact) mass is 294 g/mol. The summed E-state index contributed by atoms with van der Waals surface area (Å²) in [5.41, 5.74) is 0. The van der Waals surface area contributed by atoms with Crippen molar-refractivity contribution in [1.82, 2.24) is 9.62 Å². The van der Waals surface area contributed by atoms with Gasteiger partial charge in [0.2, 0.25) is 10.0 Å². The highest BCUT2D eigenvalue weighted by molar-refractivity contribution is 7.88. The first-order valence-corrected chi connectivity index (χ1v) is 9.05. The Bertz CT molecular complexity index is 370. The summed E-state index contributed by atoms with van der Waals surface area (Å²) in [5, 5.41) is 3.64. The van der Waals surface area contributed by atoms with E-state index >= 15 is 0 Å². The van der Waals surface area contributed by atoms with Gasteiger partial charge in [0.15, 0.2) is 0 Å². The van der Waals surface area contributed by atoms with E-state index < -0.39 is 10.0 Å². The van der Waals surface area contributed by atoms with E-state index in [1.165, 1.54) is 19.1 Å². The van der Waals surface area contributed by atoms with Gasteiger partial charge < -0.3 is 5.32 Å². The predicted molar refractivity (Wildman–Crippen MR) is 74.4 cm³/mol. The Morgan fingerprint density at radius 2 is 2.11 bits per heavy atom. The van der Waals surface area contributed by atoms with E-state index in [9.17, 15) is 8.42 Å². The van der Waals surface area contributed by atoms with Gasteiger partial charge in [0.25, 0.3) is 0 Å². The van der Waals surface area contributed by atoms with Crippen LogP contribution in [0.5, 0.6) is 0 Å². The second-order valence-corrected chi connectivity index (χ2v) is 8.18. The molecule has 6 heteroatoms. The molecule has 2 rings (SSSR count). The number of nitrogens with one attached hydrogen (secondary N) is 1. The van der Waals surface area contributed by atoms with E-state index in [-0.39, 0.29) is 5.38 Å². The fourth-order valence-electron chi connectivity index (χ4n) is 2.54. The maximum Gasteiger partial charge on any atom is 0.211 e. The number of sulfonamides is 1. The lowest BCUT2D eigenvalue weighted by Crippen LogP contribution is -2.43. The minimum Gasteiger partial charge on any atom is -0.315 e. The molecule has 0 aromatic rings. The highest BCUT2D eigenvalue weighted by Crippen LogP contribution is 2.35. The highest BCUT2D eigenvalue weighted by Gasteiger charge is 2.30. The van der Waals surface area contributed by atoms with Crippen molar-refractivity contribution in [2.24, 2.45) is 11.8 Å². The van der Waals surface area contributed by atoms with E-state index in [1.807, 2.05) is 0 Å². The molecule has 1 saturated heterocycles. The zero-order valence-electron chi connectivity index (χ0n) is 10.9. The molecule has 18 heavy (non-hydrogen) atoms. The summed E-state index contributed by atoms with van der Waals surface area (Å²) in [6.07, 6.45) is 5.90. The van der Waals surface area contributed by atoms with Crippen LogP contribution in [0.4, 0.5) is 0 Å². The Kier molecular flexibility index (Phi) is 4.92. The Balaban J connectivity index is 1.69. The second-order valence-electron chi connectivity index (χ2n) is 5.64. The van der Waals surface area contributed by atoms with E-state index in [0.717, 1.165) is 25.9 Å². The molecule has 106 valence electrons. The molecule has 2 aliphatic rings. The van der Waals surface area contributed by atoms with Gasteiger partial charge in [-0.05, 0) is 44.1 Å². The highest BCUT2D eigenvalue weighted by atomic mass is 35.5. The molecule has 2 atom stereocenters. The van der Waals surface area contributed by atoms with Gasteiger partial charge in [-0.15, -0.1) is 11.6 Å². The van der Waals surface area contributed by atoms with Crippen molar-refractivity contribution in [3.63, 3.8) is 0 Å². The zero-order chi connectivity index (χ0) is 13.2. The lowest BCUT2D eigenvalue weighted by Gasteiger charge is -2.31. The Hall–Kier alpha value is 0.160. The van der Waals surface area contributed by atoms with E-state index in [0.29, 0.717) is 24.9 Å². The molecule has 1 heterocycles. The van der Waals surface area contributed by atoms with Crippen LogP contribution in [-0.2, 0) is 10.0 Å². The fourth-order valence-corrected chi connectivity index (χ4v) is 3.85. The number of nitrogens with zero attached hydrogens (tertiary/aromatic N) is 1. The van der Waals surface area contributed by atoms with Crippen molar-refractivity contribution in [3.05, 3.63) is 0 Å². The number of rotatable bonds is 6. The first kappa shape index (κ1) is 14.6. The third kappa shape index (κ3) is 4.37. The molecule has 0 aromatic carbocycles. The van der Waals surface area contributed by atoms with Crippen LogP contribution in [0.15, 0.2) is 0 Å². The molecule has 1 N–H and O–H groups in total. The van der Waals surface area contributed by atoms with Crippen LogP contribution >= 0.6 is 11.6 Å². The predicted octanol–water partition coefficient (Wildman–Crippen LogP) is 1.27. The summed E-state index contributed by atoms with van der Waals surface area (Å²) in [4.78, 5) is 0. The van der Waals surface area contributed by atoms with Crippen molar-refractivity contribution < 1.29 is 8.42 Å². The largest absolute Gasteiger partial charge is 0.315 e. The van der Waals surface area contributed by atoms with Gasteiger partial charge in [-0.3, -0.25) is 0 Å². The Morgan fingerprint density at radius 3 is 2.72 bits per heavy atom. The SMILES string of the molecule is CS(=O)(=O)N1CCCC(CNCC(Cl)C2CC2)C1. The van der Waals surface area contributed by atoms with Crippen molar-refractivity contribution in [2.75, 3.05) is 32.4 Å². The van der Waals surface area contributed by atoms with Gasteiger partial charge >= 0.3 is 0 Å².